The summed E-state index contributed by atoms with van der Waals surface area (Å²) in [7, 11) is 0. The van der Waals surface area contributed by atoms with Crippen molar-refractivity contribution in [1.82, 2.24) is 4.98 Å². The van der Waals surface area contributed by atoms with Gasteiger partial charge in [0.25, 0.3) is 0 Å². The van der Waals surface area contributed by atoms with Crippen LogP contribution in [0.2, 0.25) is 0 Å². The van der Waals surface area contributed by atoms with Crippen LogP contribution in [-0.2, 0) is 0 Å². The Bertz CT molecular complexity index is 618. The first-order valence-corrected chi connectivity index (χ1v) is 7.14. The second-order valence-corrected chi connectivity index (χ2v) is 5.79. The third-order valence-corrected chi connectivity index (χ3v) is 4.24. The van der Waals surface area contributed by atoms with Crippen LogP contribution >= 0.6 is 11.3 Å². The SMILES string of the molecule is Cc1ccc(-c2cnc(-c3ccc(C)cc3)s2)cc1. The highest BCUT2D eigenvalue weighted by Crippen LogP contribution is 2.32. The van der Waals surface area contributed by atoms with Gasteiger partial charge in [-0.1, -0.05) is 59.7 Å². The molecule has 0 saturated carbocycles. The summed E-state index contributed by atoms with van der Waals surface area (Å²) in [5.41, 5.74) is 4.99. The summed E-state index contributed by atoms with van der Waals surface area (Å²) in [6, 6.07) is 17.1. The lowest BCUT2D eigenvalue weighted by molar-refractivity contribution is 1.40. The van der Waals surface area contributed by atoms with Crippen LogP contribution in [0.4, 0.5) is 0 Å². The zero-order valence-electron chi connectivity index (χ0n) is 11.1. The molecule has 0 amide bonds. The van der Waals surface area contributed by atoms with Crippen molar-refractivity contribution in [2.24, 2.45) is 0 Å². The Kier molecular flexibility index (Phi) is 3.18. The first kappa shape index (κ1) is 12.1. The van der Waals surface area contributed by atoms with Crippen molar-refractivity contribution in [2.45, 2.75) is 13.8 Å². The Morgan fingerprint density at radius 3 is 1.84 bits per heavy atom. The van der Waals surface area contributed by atoms with Gasteiger partial charge in [-0.25, -0.2) is 4.98 Å². The molecule has 0 saturated heterocycles. The van der Waals surface area contributed by atoms with Gasteiger partial charge in [-0.05, 0) is 19.4 Å². The molecular formula is C17H15NS. The van der Waals surface area contributed by atoms with Crippen LogP contribution in [0.5, 0.6) is 0 Å². The van der Waals surface area contributed by atoms with Crippen LogP contribution in [0, 0.1) is 13.8 Å². The molecular weight excluding hydrogens is 250 g/mol. The van der Waals surface area contributed by atoms with Crippen molar-refractivity contribution >= 4 is 11.3 Å². The maximum atomic E-state index is 4.53. The van der Waals surface area contributed by atoms with Crippen molar-refractivity contribution in [3.8, 4) is 21.0 Å². The molecule has 0 unspecified atom stereocenters. The van der Waals surface area contributed by atoms with Gasteiger partial charge < -0.3 is 0 Å². The maximum Gasteiger partial charge on any atom is 0.123 e. The molecule has 0 radical (unpaired) electrons. The van der Waals surface area contributed by atoms with Gasteiger partial charge in [0.2, 0.25) is 0 Å². The number of aromatic nitrogens is 1. The van der Waals surface area contributed by atoms with E-state index in [2.05, 4.69) is 67.4 Å². The summed E-state index contributed by atoms with van der Waals surface area (Å²) in [5, 5.41) is 1.08. The summed E-state index contributed by atoms with van der Waals surface area (Å²) in [4.78, 5) is 5.75. The van der Waals surface area contributed by atoms with E-state index in [4.69, 9.17) is 0 Å². The number of aryl methyl sites for hydroxylation is 2. The number of rotatable bonds is 2. The molecule has 0 aliphatic rings. The Morgan fingerprint density at radius 1 is 0.737 bits per heavy atom. The van der Waals surface area contributed by atoms with E-state index < -0.39 is 0 Å². The highest BCUT2D eigenvalue weighted by atomic mass is 32.1. The number of hydrogen-bond acceptors (Lipinski definition) is 2. The van der Waals surface area contributed by atoms with E-state index in [0.29, 0.717) is 0 Å². The minimum absolute atomic E-state index is 1.08. The molecule has 0 aliphatic heterocycles. The van der Waals surface area contributed by atoms with Crippen molar-refractivity contribution in [1.29, 1.82) is 0 Å². The Morgan fingerprint density at radius 2 is 1.26 bits per heavy atom. The Hall–Kier alpha value is -1.93. The molecule has 0 fully saturated rings. The lowest BCUT2D eigenvalue weighted by Gasteiger charge is -1.98. The fourth-order valence-corrected chi connectivity index (χ4v) is 2.88. The first-order chi connectivity index (χ1) is 9.22. The molecule has 19 heavy (non-hydrogen) atoms. The molecule has 2 aromatic carbocycles. The third-order valence-electron chi connectivity index (χ3n) is 3.14. The molecule has 1 heterocycles. The van der Waals surface area contributed by atoms with Gasteiger partial charge >= 0.3 is 0 Å². The van der Waals surface area contributed by atoms with Gasteiger partial charge in [0.1, 0.15) is 5.01 Å². The minimum atomic E-state index is 1.08. The Balaban J connectivity index is 1.95. The zero-order valence-corrected chi connectivity index (χ0v) is 11.9. The fraction of sp³-hybridized carbons (Fsp3) is 0.118. The quantitative estimate of drug-likeness (QED) is 0.628. The van der Waals surface area contributed by atoms with Crippen LogP contribution in [0.15, 0.2) is 54.7 Å². The van der Waals surface area contributed by atoms with E-state index in [-0.39, 0.29) is 0 Å². The van der Waals surface area contributed by atoms with E-state index >= 15 is 0 Å². The van der Waals surface area contributed by atoms with E-state index in [1.165, 1.54) is 27.1 Å². The number of thiazole rings is 1. The van der Waals surface area contributed by atoms with E-state index in [9.17, 15) is 0 Å². The first-order valence-electron chi connectivity index (χ1n) is 6.32. The summed E-state index contributed by atoms with van der Waals surface area (Å²) < 4.78 is 0. The van der Waals surface area contributed by atoms with Gasteiger partial charge in [-0.15, -0.1) is 11.3 Å². The van der Waals surface area contributed by atoms with Crippen LogP contribution < -0.4 is 0 Å². The van der Waals surface area contributed by atoms with E-state index in [0.717, 1.165) is 5.01 Å². The average molecular weight is 265 g/mol. The highest BCUT2D eigenvalue weighted by Gasteiger charge is 2.06. The molecule has 3 rings (SSSR count). The van der Waals surface area contributed by atoms with Gasteiger partial charge in [-0.3, -0.25) is 0 Å². The topological polar surface area (TPSA) is 12.9 Å². The van der Waals surface area contributed by atoms with Crippen LogP contribution in [0.1, 0.15) is 11.1 Å². The molecule has 0 aliphatic carbocycles. The highest BCUT2D eigenvalue weighted by molar-refractivity contribution is 7.18. The summed E-state index contributed by atoms with van der Waals surface area (Å²) in [5.74, 6) is 0. The predicted molar refractivity (Wildman–Crippen MR) is 82.5 cm³/mol. The molecule has 0 N–H and O–H groups in total. The summed E-state index contributed by atoms with van der Waals surface area (Å²) in [6.07, 6.45) is 1.96. The van der Waals surface area contributed by atoms with E-state index in [1.54, 1.807) is 11.3 Å². The summed E-state index contributed by atoms with van der Waals surface area (Å²) >= 11 is 1.74. The smallest absolute Gasteiger partial charge is 0.123 e. The minimum Gasteiger partial charge on any atom is -0.244 e. The van der Waals surface area contributed by atoms with Crippen LogP contribution in [-0.4, -0.2) is 4.98 Å². The second-order valence-electron chi connectivity index (χ2n) is 4.76. The Labute approximate surface area is 117 Å². The molecule has 3 aromatic rings. The van der Waals surface area contributed by atoms with Crippen molar-refractivity contribution < 1.29 is 0 Å². The molecule has 0 spiro atoms. The zero-order chi connectivity index (χ0) is 13.2. The molecule has 0 atom stereocenters. The van der Waals surface area contributed by atoms with Gasteiger partial charge in [0.15, 0.2) is 0 Å². The number of hydrogen-bond donors (Lipinski definition) is 0. The van der Waals surface area contributed by atoms with Gasteiger partial charge in [-0.2, -0.15) is 0 Å². The van der Waals surface area contributed by atoms with Crippen molar-refractivity contribution in [2.75, 3.05) is 0 Å². The fourth-order valence-electron chi connectivity index (χ4n) is 1.95. The number of nitrogens with zero attached hydrogens (tertiary/aromatic N) is 1. The number of benzene rings is 2. The average Bonchev–Trinajstić information content (AvgIpc) is 2.90. The molecule has 2 heteroatoms. The normalized spacial score (nSPS) is 10.6. The maximum absolute atomic E-state index is 4.53. The molecule has 1 nitrogen and oxygen atoms in total. The third kappa shape index (κ3) is 2.59. The molecule has 94 valence electrons. The van der Waals surface area contributed by atoms with Crippen LogP contribution in [0.25, 0.3) is 21.0 Å². The van der Waals surface area contributed by atoms with Gasteiger partial charge in [0, 0.05) is 11.8 Å². The van der Waals surface area contributed by atoms with E-state index in [1.807, 2.05) is 6.20 Å². The standard InChI is InChI=1S/C17H15NS/c1-12-3-7-14(8-4-12)16-11-18-17(19-16)15-9-5-13(2)6-10-15/h3-11H,1-2H3. The summed E-state index contributed by atoms with van der Waals surface area (Å²) in [6.45, 7) is 4.21. The lowest BCUT2D eigenvalue weighted by atomic mass is 10.1. The molecule has 1 aromatic heterocycles. The predicted octanol–water partition coefficient (Wildman–Crippen LogP) is 5.09. The monoisotopic (exact) mass is 265 g/mol. The van der Waals surface area contributed by atoms with Crippen molar-refractivity contribution in [3.63, 3.8) is 0 Å². The second kappa shape index (κ2) is 4.98. The van der Waals surface area contributed by atoms with Gasteiger partial charge in [0.05, 0.1) is 4.88 Å². The van der Waals surface area contributed by atoms with Crippen molar-refractivity contribution in [3.05, 3.63) is 65.9 Å². The van der Waals surface area contributed by atoms with Crippen LogP contribution in [0.3, 0.4) is 0 Å². The lowest BCUT2D eigenvalue weighted by Crippen LogP contribution is -1.75. The molecule has 0 bridgehead atoms. The largest absolute Gasteiger partial charge is 0.244 e.